The number of rotatable bonds is 8. The topological polar surface area (TPSA) is 97.4 Å². The van der Waals surface area contributed by atoms with Gasteiger partial charge in [0.1, 0.15) is 12.2 Å². The van der Waals surface area contributed by atoms with E-state index in [4.69, 9.17) is 23.7 Å². The lowest BCUT2D eigenvalue weighted by atomic mass is 9.93. The molecule has 1 unspecified atom stereocenters. The molecule has 0 spiro atoms. The van der Waals surface area contributed by atoms with E-state index in [9.17, 15) is 14.4 Å². The van der Waals surface area contributed by atoms with Crippen LogP contribution in [0.3, 0.4) is 0 Å². The highest BCUT2D eigenvalue weighted by Gasteiger charge is 2.53. The smallest absolute Gasteiger partial charge is 0.340 e. The second kappa shape index (κ2) is 13.0. The molecule has 0 bridgehead atoms. The number of ether oxygens (including phenoxy) is 5. The van der Waals surface area contributed by atoms with Crippen molar-refractivity contribution in [1.29, 1.82) is 0 Å². The van der Waals surface area contributed by atoms with Gasteiger partial charge in [0.25, 0.3) is 0 Å². The minimum absolute atomic E-state index is 0.257. The van der Waals surface area contributed by atoms with E-state index < -0.39 is 48.6 Å². The van der Waals surface area contributed by atoms with Crippen molar-refractivity contribution < 1.29 is 38.1 Å². The van der Waals surface area contributed by atoms with Gasteiger partial charge in [-0.15, -0.1) is 0 Å². The molecule has 1 saturated heterocycles. The Morgan fingerprint density at radius 1 is 0.512 bits per heavy atom. The zero-order chi connectivity index (χ0) is 28.6. The predicted molar refractivity (Wildman–Crippen MR) is 148 cm³/mol. The second-order valence-corrected chi connectivity index (χ2v) is 9.28. The number of methoxy groups -OCH3 is 1. The molecule has 5 atom stereocenters. The number of carbonyl (C=O) groups excluding carboxylic acids is 3. The van der Waals surface area contributed by atoms with Gasteiger partial charge in [0.15, 0.2) is 6.10 Å². The Labute approximate surface area is 237 Å². The number of benzene rings is 4. The minimum atomic E-state index is -1.44. The van der Waals surface area contributed by atoms with Gasteiger partial charge in [-0.1, -0.05) is 84.9 Å². The predicted octanol–water partition coefficient (Wildman–Crippen LogP) is 5.41. The molecule has 8 nitrogen and oxygen atoms in total. The van der Waals surface area contributed by atoms with Crippen LogP contribution in [0.2, 0.25) is 0 Å². The zero-order valence-corrected chi connectivity index (χ0v) is 22.2. The quantitative estimate of drug-likeness (QED) is 0.212. The second-order valence-electron chi connectivity index (χ2n) is 9.28. The van der Waals surface area contributed by atoms with E-state index in [1.54, 1.807) is 91.0 Å². The van der Waals surface area contributed by atoms with Gasteiger partial charge in [-0.3, -0.25) is 0 Å². The Morgan fingerprint density at radius 2 is 0.902 bits per heavy atom. The van der Waals surface area contributed by atoms with Crippen molar-refractivity contribution in [3.63, 3.8) is 0 Å². The van der Waals surface area contributed by atoms with Gasteiger partial charge in [0.05, 0.1) is 16.7 Å². The highest BCUT2D eigenvalue weighted by atomic mass is 16.7. The minimum Gasteiger partial charge on any atom is -0.452 e. The van der Waals surface area contributed by atoms with Crippen molar-refractivity contribution in [2.24, 2.45) is 0 Å². The van der Waals surface area contributed by atoms with Crippen LogP contribution >= 0.6 is 0 Å². The lowest BCUT2D eigenvalue weighted by molar-refractivity contribution is -0.285. The van der Waals surface area contributed by atoms with Crippen LogP contribution in [0, 0.1) is 0 Å². The van der Waals surface area contributed by atoms with E-state index in [-0.39, 0.29) is 16.7 Å². The molecular formula is C33H28O8. The number of carbonyl (C=O) groups is 3. The van der Waals surface area contributed by atoms with Crippen LogP contribution in [0.1, 0.15) is 42.7 Å². The van der Waals surface area contributed by atoms with Crippen LogP contribution in [0.15, 0.2) is 121 Å². The van der Waals surface area contributed by atoms with Crippen LogP contribution in [0.4, 0.5) is 0 Å². The van der Waals surface area contributed by atoms with Crippen LogP contribution in [-0.2, 0) is 23.7 Å². The molecule has 5 rings (SSSR count). The summed E-state index contributed by atoms with van der Waals surface area (Å²) in [4.78, 5) is 39.7. The van der Waals surface area contributed by atoms with E-state index >= 15 is 0 Å². The third-order valence-corrected chi connectivity index (χ3v) is 6.63. The van der Waals surface area contributed by atoms with E-state index in [1.165, 1.54) is 7.11 Å². The molecule has 0 amide bonds. The van der Waals surface area contributed by atoms with Crippen molar-refractivity contribution in [2.75, 3.05) is 7.11 Å². The lowest BCUT2D eigenvalue weighted by Crippen LogP contribution is -2.59. The molecule has 4 aromatic rings. The molecule has 0 saturated carbocycles. The van der Waals surface area contributed by atoms with Crippen molar-refractivity contribution >= 4 is 17.9 Å². The van der Waals surface area contributed by atoms with Gasteiger partial charge in [-0.2, -0.15) is 0 Å². The summed E-state index contributed by atoms with van der Waals surface area (Å²) < 4.78 is 29.8. The zero-order valence-electron chi connectivity index (χ0n) is 22.2. The van der Waals surface area contributed by atoms with Crippen molar-refractivity contribution in [2.45, 2.75) is 30.7 Å². The van der Waals surface area contributed by atoms with Gasteiger partial charge < -0.3 is 23.7 Å². The van der Waals surface area contributed by atoms with Gasteiger partial charge in [-0.25, -0.2) is 14.4 Å². The fourth-order valence-corrected chi connectivity index (χ4v) is 4.61. The average molecular weight is 553 g/mol. The van der Waals surface area contributed by atoms with Gasteiger partial charge in [0, 0.05) is 7.11 Å². The van der Waals surface area contributed by atoms with Crippen LogP contribution < -0.4 is 0 Å². The summed E-state index contributed by atoms with van der Waals surface area (Å²) in [6.45, 7) is 0. The Hall–Kier alpha value is -4.79. The summed E-state index contributed by atoms with van der Waals surface area (Å²) >= 11 is 0. The Kier molecular flexibility index (Phi) is 8.83. The Bertz CT molecular complexity index is 1440. The maximum Gasteiger partial charge on any atom is 0.340 e. The van der Waals surface area contributed by atoms with E-state index in [0.29, 0.717) is 5.56 Å². The van der Waals surface area contributed by atoms with E-state index in [0.717, 1.165) is 0 Å². The first-order valence-electron chi connectivity index (χ1n) is 13.1. The largest absolute Gasteiger partial charge is 0.452 e. The van der Waals surface area contributed by atoms with E-state index in [1.807, 2.05) is 30.3 Å². The Balaban J connectivity index is 1.55. The molecule has 1 heterocycles. The summed E-state index contributed by atoms with van der Waals surface area (Å²) in [5.74, 6) is -2.08. The SMILES string of the molecule is CO[C@@H]1[C@@H](OC(=O)c2ccccc2)[C@@H](OC(=O)c2ccccc2)C(OC(=O)c2ccccc2)O[C@H]1c1ccccc1. The number of esters is 3. The summed E-state index contributed by atoms with van der Waals surface area (Å²) in [6.07, 6.45) is -5.79. The first kappa shape index (κ1) is 27.8. The summed E-state index contributed by atoms with van der Waals surface area (Å²) in [7, 11) is 1.44. The van der Waals surface area contributed by atoms with Crippen LogP contribution in [-0.4, -0.2) is 49.6 Å². The fourth-order valence-electron chi connectivity index (χ4n) is 4.61. The molecule has 0 radical (unpaired) electrons. The number of hydrogen-bond donors (Lipinski definition) is 0. The molecule has 8 heteroatoms. The van der Waals surface area contributed by atoms with E-state index in [2.05, 4.69) is 0 Å². The third-order valence-electron chi connectivity index (χ3n) is 6.63. The lowest BCUT2D eigenvalue weighted by Gasteiger charge is -2.44. The molecular weight excluding hydrogens is 524 g/mol. The normalized spacial score (nSPS) is 21.8. The molecule has 208 valence electrons. The molecule has 4 aromatic carbocycles. The molecule has 41 heavy (non-hydrogen) atoms. The van der Waals surface area contributed by atoms with Crippen LogP contribution in [0.5, 0.6) is 0 Å². The standard InChI is InChI=1S/C33H28O8/c1-37-27-26(22-14-6-2-7-15-22)40-33(41-32(36)25-20-12-5-13-21-25)29(39-31(35)24-18-10-4-11-19-24)28(27)38-30(34)23-16-8-3-9-17-23/h2-21,26-29,33H,1H3/t26-,27-,28+,29+,33?/m0/s1. The average Bonchev–Trinajstić information content (AvgIpc) is 3.03. The maximum atomic E-state index is 13.3. The van der Waals surface area contributed by atoms with Crippen LogP contribution in [0.25, 0.3) is 0 Å². The summed E-state index contributed by atoms with van der Waals surface area (Å²) in [5, 5.41) is 0. The monoisotopic (exact) mass is 552 g/mol. The highest BCUT2D eigenvalue weighted by Crippen LogP contribution is 2.38. The highest BCUT2D eigenvalue weighted by molar-refractivity contribution is 5.91. The molecule has 0 aliphatic carbocycles. The maximum absolute atomic E-state index is 13.3. The third kappa shape index (κ3) is 6.51. The first-order chi connectivity index (χ1) is 20.0. The Morgan fingerprint density at radius 3 is 1.34 bits per heavy atom. The molecule has 1 fully saturated rings. The summed E-state index contributed by atoms with van der Waals surface area (Å²) in [5.41, 5.74) is 1.50. The van der Waals surface area contributed by atoms with Gasteiger partial charge in [-0.05, 0) is 42.0 Å². The van der Waals surface area contributed by atoms with Gasteiger partial charge in [0.2, 0.25) is 12.4 Å². The fraction of sp³-hybridized carbons (Fsp3) is 0.182. The molecule has 0 N–H and O–H groups in total. The first-order valence-corrected chi connectivity index (χ1v) is 13.1. The van der Waals surface area contributed by atoms with Crippen molar-refractivity contribution in [1.82, 2.24) is 0 Å². The van der Waals surface area contributed by atoms with Gasteiger partial charge >= 0.3 is 17.9 Å². The van der Waals surface area contributed by atoms with Crippen molar-refractivity contribution in [3.8, 4) is 0 Å². The summed E-state index contributed by atoms with van der Waals surface area (Å²) in [6, 6.07) is 34.2. The molecule has 0 aromatic heterocycles. The molecule has 1 aliphatic heterocycles. The molecule has 1 aliphatic rings. The number of hydrogen-bond acceptors (Lipinski definition) is 8. The van der Waals surface area contributed by atoms with Crippen molar-refractivity contribution in [3.05, 3.63) is 144 Å².